The van der Waals surface area contributed by atoms with Crippen molar-refractivity contribution in [2.45, 2.75) is 44.0 Å². The van der Waals surface area contributed by atoms with E-state index in [1.807, 2.05) is 0 Å². The molecule has 0 bridgehead atoms. The van der Waals surface area contributed by atoms with E-state index in [-0.39, 0.29) is 5.60 Å². The molecule has 1 aromatic rings. The molecule has 1 saturated heterocycles. The SMILES string of the molecule is COC1(c2ccc(C)cc2)OC12CCCC2. The normalized spacial score (nSPS) is 30.9. The summed E-state index contributed by atoms with van der Waals surface area (Å²) in [5, 5.41) is 0. The summed E-state index contributed by atoms with van der Waals surface area (Å²) in [4.78, 5) is 0. The fraction of sp³-hybridized carbons (Fsp3) is 0.571. The van der Waals surface area contributed by atoms with Crippen molar-refractivity contribution < 1.29 is 9.47 Å². The lowest BCUT2D eigenvalue weighted by atomic mass is 9.94. The number of methoxy groups -OCH3 is 1. The number of ether oxygens (including phenoxy) is 2. The fourth-order valence-corrected chi connectivity index (χ4v) is 3.07. The maximum absolute atomic E-state index is 6.01. The number of rotatable bonds is 2. The molecule has 0 radical (unpaired) electrons. The molecule has 1 aromatic carbocycles. The van der Waals surface area contributed by atoms with Crippen LogP contribution in [0.2, 0.25) is 0 Å². The van der Waals surface area contributed by atoms with Crippen molar-refractivity contribution in [2.24, 2.45) is 0 Å². The second kappa shape index (κ2) is 3.31. The third kappa shape index (κ3) is 1.20. The van der Waals surface area contributed by atoms with E-state index in [0.717, 1.165) is 12.8 Å². The van der Waals surface area contributed by atoms with Crippen molar-refractivity contribution in [3.63, 3.8) is 0 Å². The molecule has 2 aliphatic rings. The maximum Gasteiger partial charge on any atom is 0.225 e. The predicted molar refractivity (Wildman–Crippen MR) is 62.2 cm³/mol. The second-order valence-corrected chi connectivity index (χ2v) is 4.99. The van der Waals surface area contributed by atoms with E-state index in [1.165, 1.54) is 24.0 Å². The summed E-state index contributed by atoms with van der Waals surface area (Å²) >= 11 is 0. The molecule has 3 rings (SSSR count). The van der Waals surface area contributed by atoms with Gasteiger partial charge in [-0.25, -0.2) is 0 Å². The Bertz CT molecular complexity index is 390. The molecular formula is C14H18O2. The van der Waals surface area contributed by atoms with Gasteiger partial charge in [0.1, 0.15) is 5.60 Å². The summed E-state index contributed by atoms with van der Waals surface area (Å²) in [7, 11) is 1.76. The van der Waals surface area contributed by atoms with Gasteiger partial charge in [-0.1, -0.05) is 42.7 Å². The van der Waals surface area contributed by atoms with Crippen LogP contribution in [-0.4, -0.2) is 12.7 Å². The number of hydrogen-bond acceptors (Lipinski definition) is 2. The van der Waals surface area contributed by atoms with Gasteiger partial charge in [-0.3, -0.25) is 0 Å². The standard InChI is InChI=1S/C14H18O2/c1-11-5-7-12(8-6-11)14(15-2)13(16-14)9-3-4-10-13/h5-8H,3-4,9-10H2,1-2H3. The minimum atomic E-state index is -0.447. The Morgan fingerprint density at radius 2 is 1.75 bits per heavy atom. The van der Waals surface area contributed by atoms with Crippen molar-refractivity contribution in [1.82, 2.24) is 0 Å². The van der Waals surface area contributed by atoms with E-state index < -0.39 is 5.79 Å². The Morgan fingerprint density at radius 1 is 1.12 bits per heavy atom. The first-order chi connectivity index (χ1) is 7.72. The average Bonchev–Trinajstić information content (AvgIpc) is 2.67. The minimum absolute atomic E-state index is 0.0169. The summed E-state index contributed by atoms with van der Waals surface area (Å²) in [6, 6.07) is 8.51. The van der Waals surface area contributed by atoms with Crippen molar-refractivity contribution >= 4 is 0 Å². The van der Waals surface area contributed by atoms with E-state index in [0.29, 0.717) is 0 Å². The van der Waals surface area contributed by atoms with Crippen molar-refractivity contribution in [3.05, 3.63) is 35.4 Å². The van der Waals surface area contributed by atoms with E-state index in [1.54, 1.807) is 7.11 Å². The number of epoxide rings is 1. The first-order valence-corrected chi connectivity index (χ1v) is 6.05. The zero-order valence-electron chi connectivity index (χ0n) is 9.95. The lowest BCUT2D eigenvalue weighted by Gasteiger charge is -2.15. The number of aryl methyl sites for hydroxylation is 1. The molecule has 1 atom stereocenters. The second-order valence-electron chi connectivity index (χ2n) is 4.99. The summed E-state index contributed by atoms with van der Waals surface area (Å²) < 4.78 is 11.7. The summed E-state index contributed by atoms with van der Waals surface area (Å²) in [5.74, 6) is -0.447. The van der Waals surface area contributed by atoms with Crippen LogP contribution in [0.5, 0.6) is 0 Å². The number of benzene rings is 1. The Morgan fingerprint density at radius 3 is 2.31 bits per heavy atom. The molecule has 0 N–H and O–H groups in total. The molecule has 1 unspecified atom stereocenters. The van der Waals surface area contributed by atoms with Gasteiger partial charge in [0.05, 0.1) is 0 Å². The third-order valence-corrected chi connectivity index (χ3v) is 4.03. The van der Waals surface area contributed by atoms with Crippen LogP contribution in [0.15, 0.2) is 24.3 Å². The molecule has 1 saturated carbocycles. The van der Waals surface area contributed by atoms with Gasteiger partial charge < -0.3 is 9.47 Å². The zero-order valence-corrected chi connectivity index (χ0v) is 9.95. The molecule has 16 heavy (non-hydrogen) atoms. The lowest BCUT2D eigenvalue weighted by Crippen LogP contribution is -2.23. The summed E-state index contributed by atoms with van der Waals surface area (Å²) in [6.07, 6.45) is 4.79. The third-order valence-electron chi connectivity index (χ3n) is 4.03. The van der Waals surface area contributed by atoms with Gasteiger partial charge in [0, 0.05) is 12.7 Å². The molecule has 1 aliphatic carbocycles. The van der Waals surface area contributed by atoms with Gasteiger partial charge in [0.25, 0.3) is 0 Å². The van der Waals surface area contributed by atoms with Crippen LogP contribution in [-0.2, 0) is 15.3 Å². The van der Waals surface area contributed by atoms with E-state index >= 15 is 0 Å². The highest BCUT2D eigenvalue weighted by Crippen LogP contribution is 2.63. The van der Waals surface area contributed by atoms with E-state index in [2.05, 4.69) is 31.2 Å². The van der Waals surface area contributed by atoms with Gasteiger partial charge in [-0.2, -0.15) is 0 Å². The van der Waals surface area contributed by atoms with Crippen LogP contribution in [0.3, 0.4) is 0 Å². The monoisotopic (exact) mass is 218 g/mol. The van der Waals surface area contributed by atoms with Crippen LogP contribution in [0.25, 0.3) is 0 Å². The molecule has 86 valence electrons. The number of hydrogen-bond donors (Lipinski definition) is 0. The first-order valence-electron chi connectivity index (χ1n) is 6.05. The molecule has 2 heteroatoms. The molecular weight excluding hydrogens is 200 g/mol. The largest absolute Gasteiger partial charge is 0.347 e. The summed E-state index contributed by atoms with van der Waals surface area (Å²) in [5.41, 5.74) is 2.43. The minimum Gasteiger partial charge on any atom is -0.347 e. The Balaban J connectivity index is 1.95. The maximum atomic E-state index is 6.01. The van der Waals surface area contributed by atoms with Crippen molar-refractivity contribution in [3.8, 4) is 0 Å². The van der Waals surface area contributed by atoms with Gasteiger partial charge in [-0.15, -0.1) is 0 Å². The molecule has 2 nitrogen and oxygen atoms in total. The van der Waals surface area contributed by atoms with Crippen LogP contribution < -0.4 is 0 Å². The topological polar surface area (TPSA) is 21.8 Å². The Hall–Kier alpha value is -0.860. The highest BCUT2D eigenvalue weighted by Gasteiger charge is 2.72. The average molecular weight is 218 g/mol. The lowest BCUT2D eigenvalue weighted by molar-refractivity contribution is -0.0149. The molecule has 0 aromatic heterocycles. The van der Waals surface area contributed by atoms with Gasteiger partial charge in [-0.05, 0) is 19.8 Å². The fourth-order valence-electron chi connectivity index (χ4n) is 3.07. The van der Waals surface area contributed by atoms with E-state index in [9.17, 15) is 0 Å². The molecule has 0 amide bonds. The van der Waals surface area contributed by atoms with Crippen molar-refractivity contribution in [2.75, 3.05) is 7.11 Å². The van der Waals surface area contributed by atoms with E-state index in [4.69, 9.17) is 9.47 Å². The highest BCUT2D eigenvalue weighted by molar-refractivity contribution is 5.33. The quantitative estimate of drug-likeness (QED) is 0.711. The molecule has 1 spiro atoms. The first kappa shape index (κ1) is 10.3. The van der Waals surface area contributed by atoms with Gasteiger partial charge in [0.15, 0.2) is 0 Å². The Kier molecular flexibility index (Phi) is 2.13. The highest BCUT2D eigenvalue weighted by atomic mass is 16.8. The predicted octanol–water partition coefficient (Wildman–Crippen LogP) is 3.14. The smallest absolute Gasteiger partial charge is 0.225 e. The van der Waals surface area contributed by atoms with Crippen molar-refractivity contribution in [1.29, 1.82) is 0 Å². The van der Waals surface area contributed by atoms with Crippen LogP contribution in [0.1, 0.15) is 36.8 Å². The van der Waals surface area contributed by atoms with Gasteiger partial charge >= 0.3 is 0 Å². The Labute approximate surface area is 96.6 Å². The van der Waals surface area contributed by atoms with Gasteiger partial charge in [0.2, 0.25) is 5.79 Å². The molecule has 2 fully saturated rings. The van der Waals surface area contributed by atoms with Crippen LogP contribution in [0.4, 0.5) is 0 Å². The molecule has 1 aliphatic heterocycles. The zero-order chi connectivity index (χ0) is 11.2. The van der Waals surface area contributed by atoms with Crippen LogP contribution >= 0.6 is 0 Å². The summed E-state index contributed by atoms with van der Waals surface area (Å²) in [6.45, 7) is 2.10. The van der Waals surface area contributed by atoms with Crippen LogP contribution in [0, 0.1) is 6.92 Å². The molecule has 1 heterocycles.